The fourth-order valence-electron chi connectivity index (χ4n) is 3.63. The summed E-state index contributed by atoms with van der Waals surface area (Å²) in [4.78, 5) is 9.08. The van der Waals surface area contributed by atoms with Crippen molar-refractivity contribution >= 4 is 55.7 Å². The Morgan fingerprint density at radius 3 is 2.42 bits per heavy atom. The van der Waals surface area contributed by atoms with Gasteiger partial charge in [-0.1, -0.05) is 59.6 Å². The molecule has 0 saturated carbocycles. The molecule has 0 bridgehead atoms. The van der Waals surface area contributed by atoms with Gasteiger partial charge >= 0.3 is 0 Å². The molecule has 164 valence electrons. The second-order valence-electron chi connectivity index (χ2n) is 7.53. The van der Waals surface area contributed by atoms with E-state index >= 15 is 0 Å². The molecule has 0 amide bonds. The Kier molecular flexibility index (Phi) is 5.11. The Morgan fingerprint density at radius 1 is 0.970 bits per heavy atom. The van der Waals surface area contributed by atoms with Crippen molar-refractivity contribution in [3.8, 4) is 0 Å². The number of halogens is 1. The summed E-state index contributed by atoms with van der Waals surface area (Å²) < 4.78 is 28.5. The normalized spacial score (nSPS) is 12.2. The Labute approximate surface area is 195 Å². The highest BCUT2D eigenvalue weighted by atomic mass is 35.5. The van der Waals surface area contributed by atoms with Crippen molar-refractivity contribution in [2.75, 3.05) is 5.73 Å². The quantitative estimate of drug-likeness (QED) is 0.374. The lowest BCUT2D eigenvalue weighted by molar-refractivity contribution is 0.597. The van der Waals surface area contributed by atoms with Crippen molar-refractivity contribution in [1.29, 1.82) is 0 Å². The van der Waals surface area contributed by atoms with Crippen LogP contribution in [0.15, 0.2) is 87.7 Å². The summed E-state index contributed by atoms with van der Waals surface area (Å²) in [7, 11) is -4.06. The fourth-order valence-corrected chi connectivity index (χ4v) is 5.41. The summed E-state index contributed by atoms with van der Waals surface area (Å²) in [5, 5.41) is 4.77. The molecule has 0 aliphatic heterocycles. The van der Waals surface area contributed by atoms with Gasteiger partial charge in [0.15, 0.2) is 5.65 Å². The highest BCUT2D eigenvalue weighted by molar-refractivity contribution is 7.92. The molecule has 0 radical (unpaired) electrons. The van der Waals surface area contributed by atoms with Crippen molar-refractivity contribution in [2.24, 2.45) is 5.10 Å². The molecule has 0 unspecified atom stereocenters. The van der Waals surface area contributed by atoms with Crippen molar-refractivity contribution in [3.63, 3.8) is 0 Å². The van der Waals surface area contributed by atoms with Crippen LogP contribution < -0.4 is 5.73 Å². The summed E-state index contributed by atoms with van der Waals surface area (Å²) >= 11 is 6.06. The van der Waals surface area contributed by atoms with E-state index in [2.05, 4.69) is 15.1 Å². The second-order valence-corrected chi connectivity index (χ2v) is 9.85. The molecule has 0 saturated heterocycles. The Balaban J connectivity index is 1.81. The van der Waals surface area contributed by atoms with Crippen molar-refractivity contribution in [3.05, 3.63) is 88.9 Å². The predicted molar refractivity (Wildman–Crippen MR) is 131 cm³/mol. The van der Waals surface area contributed by atoms with E-state index in [0.717, 1.165) is 11.1 Å². The first-order chi connectivity index (χ1) is 15.8. The lowest BCUT2D eigenvalue weighted by Crippen LogP contribution is -2.06. The summed E-state index contributed by atoms with van der Waals surface area (Å²) in [6.07, 6.45) is 1.61. The molecule has 0 atom stereocenters. The highest BCUT2D eigenvalue weighted by Gasteiger charge is 2.30. The standard InChI is InChI=1S/C24H18ClN5O2S/c1-15-6-4-7-16(12-15)14-27-30-23(26)22(33(31,32)18-9-5-8-17(25)13-18)21-24(30)29-20-11-3-2-10-19(20)28-21/h2-14H,26H2,1H3/b27-14-. The van der Waals surface area contributed by atoms with E-state index in [1.165, 1.54) is 16.8 Å². The Hall–Kier alpha value is -3.75. The van der Waals surface area contributed by atoms with Crippen molar-refractivity contribution < 1.29 is 8.42 Å². The van der Waals surface area contributed by atoms with Crippen molar-refractivity contribution in [1.82, 2.24) is 14.6 Å². The van der Waals surface area contributed by atoms with Crippen LogP contribution in [-0.2, 0) is 9.84 Å². The molecule has 9 heteroatoms. The van der Waals surface area contributed by atoms with Gasteiger partial charge in [-0.3, -0.25) is 0 Å². The molecule has 2 N–H and O–H groups in total. The number of nitrogens with two attached hydrogens (primary N) is 1. The Bertz CT molecular complexity index is 1680. The smallest absolute Gasteiger partial charge is 0.212 e. The molecule has 3 aromatic carbocycles. The van der Waals surface area contributed by atoms with E-state index in [9.17, 15) is 8.42 Å². The lowest BCUT2D eigenvalue weighted by Gasteiger charge is -2.05. The zero-order valence-electron chi connectivity index (χ0n) is 17.5. The van der Waals surface area contributed by atoms with Crippen LogP contribution in [0.5, 0.6) is 0 Å². The van der Waals surface area contributed by atoms with Gasteiger partial charge in [0, 0.05) is 5.02 Å². The number of nitrogens with zero attached hydrogens (tertiary/aromatic N) is 4. The molecule has 33 heavy (non-hydrogen) atoms. The molecule has 2 aromatic heterocycles. The van der Waals surface area contributed by atoms with E-state index in [1.807, 2.05) is 43.3 Å². The van der Waals surface area contributed by atoms with Crippen molar-refractivity contribution in [2.45, 2.75) is 16.7 Å². The lowest BCUT2D eigenvalue weighted by atomic mass is 10.2. The number of benzene rings is 3. The largest absolute Gasteiger partial charge is 0.382 e. The average molecular weight is 476 g/mol. The summed E-state index contributed by atoms with van der Waals surface area (Å²) in [5.74, 6) is -0.0795. The number of hydrogen-bond acceptors (Lipinski definition) is 6. The number of rotatable bonds is 4. The maximum atomic E-state index is 13.6. The third-order valence-corrected chi connectivity index (χ3v) is 7.22. The average Bonchev–Trinajstić information content (AvgIpc) is 3.07. The maximum absolute atomic E-state index is 13.6. The molecule has 2 heterocycles. The zero-order chi connectivity index (χ0) is 23.2. The number of para-hydroxylation sites is 2. The molecule has 0 fully saturated rings. The van der Waals surface area contributed by atoms with Crippen LogP contribution in [0, 0.1) is 6.92 Å². The molecule has 0 spiro atoms. The van der Waals surface area contributed by atoms with Gasteiger partial charge in [0.1, 0.15) is 16.2 Å². The van der Waals surface area contributed by atoms with Gasteiger partial charge in [0.05, 0.1) is 22.1 Å². The minimum absolute atomic E-state index is 0.0124. The minimum Gasteiger partial charge on any atom is -0.382 e. The number of fused-ring (bicyclic) bond motifs is 2. The number of sulfone groups is 1. The second kappa shape index (κ2) is 7.99. The fraction of sp³-hybridized carbons (Fsp3) is 0.0417. The third-order valence-electron chi connectivity index (χ3n) is 5.17. The monoisotopic (exact) mass is 475 g/mol. The first-order valence-corrected chi connectivity index (χ1v) is 11.9. The number of aromatic nitrogens is 3. The Morgan fingerprint density at radius 2 is 1.70 bits per heavy atom. The minimum atomic E-state index is -4.06. The highest BCUT2D eigenvalue weighted by Crippen LogP contribution is 2.35. The third kappa shape index (κ3) is 3.73. The van der Waals surface area contributed by atoms with E-state index in [4.69, 9.17) is 17.3 Å². The zero-order valence-corrected chi connectivity index (χ0v) is 19.0. The van der Waals surface area contributed by atoms with Crippen LogP contribution in [-0.4, -0.2) is 29.3 Å². The first-order valence-electron chi connectivity index (χ1n) is 10.0. The van der Waals surface area contributed by atoms with Crippen LogP contribution in [0.3, 0.4) is 0 Å². The van der Waals surface area contributed by atoms with Gasteiger partial charge in [-0.15, -0.1) is 0 Å². The number of anilines is 1. The summed E-state index contributed by atoms with van der Waals surface area (Å²) in [5.41, 5.74) is 9.84. The maximum Gasteiger partial charge on any atom is 0.212 e. The van der Waals surface area contributed by atoms with E-state index in [1.54, 1.807) is 30.5 Å². The number of aryl methyl sites for hydroxylation is 1. The molecule has 7 nitrogen and oxygen atoms in total. The van der Waals surface area contributed by atoms with E-state index in [-0.39, 0.29) is 26.8 Å². The van der Waals surface area contributed by atoms with Gasteiger partial charge in [-0.25, -0.2) is 18.4 Å². The van der Waals surface area contributed by atoms with Crippen LogP contribution in [0.4, 0.5) is 5.82 Å². The molecular weight excluding hydrogens is 458 g/mol. The van der Waals surface area contributed by atoms with Crippen LogP contribution in [0.1, 0.15) is 11.1 Å². The summed E-state index contributed by atoms with van der Waals surface area (Å²) in [6, 6.07) is 21.0. The number of hydrogen-bond donors (Lipinski definition) is 1. The van der Waals surface area contributed by atoms with Gasteiger partial charge in [-0.05, 0) is 42.8 Å². The van der Waals surface area contributed by atoms with E-state index < -0.39 is 9.84 Å². The topological polar surface area (TPSA) is 103 Å². The van der Waals surface area contributed by atoms with Gasteiger partial charge in [0.2, 0.25) is 9.84 Å². The molecule has 0 aliphatic rings. The summed E-state index contributed by atoms with van der Waals surface area (Å²) in [6.45, 7) is 1.98. The van der Waals surface area contributed by atoms with Gasteiger partial charge < -0.3 is 5.73 Å². The van der Waals surface area contributed by atoms with Crippen LogP contribution >= 0.6 is 11.6 Å². The van der Waals surface area contributed by atoms with E-state index in [0.29, 0.717) is 16.1 Å². The molecule has 5 rings (SSSR count). The van der Waals surface area contributed by atoms with Gasteiger partial charge in [-0.2, -0.15) is 9.78 Å². The first kappa shape index (κ1) is 21.1. The predicted octanol–water partition coefficient (Wildman–Crippen LogP) is 4.84. The van der Waals surface area contributed by atoms with Crippen LogP contribution in [0.2, 0.25) is 5.02 Å². The van der Waals surface area contributed by atoms with Crippen LogP contribution in [0.25, 0.3) is 22.2 Å². The number of nitrogen functional groups attached to an aromatic ring is 1. The van der Waals surface area contributed by atoms with Gasteiger partial charge in [0.25, 0.3) is 0 Å². The SMILES string of the molecule is Cc1cccc(/C=N\n2c(N)c(S(=O)(=O)c3cccc(Cl)c3)c3nc4ccccc4nc32)c1. The molecular formula is C24H18ClN5O2S. The molecule has 0 aliphatic carbocycles. The molecule has 5 aromatic rings.